The summed E-state index contributed by atoms with van der Waals surface area (Å²) in [7, 11) is 0. The quantitative estimate of drug-likeness (QED) is 0.387. The highest BCUT2D eigenvalue weighted by Gasteiger charge is 2.12. The van der Waals surface area contributed by atoms with Crippen molar-refractivity contribution in [3.8, 4) is 28.1 Å². The SMILES string of the molecule is CCCCCOc1ccc(-c2cc(-c3ccccc3)c(N=O)[nH]2)cc1. The van der Waals surface area contributed by atoms with Crippen molar-refractivity contribution < 1.29 is 4.74 Å². The number of rotatable bonds is 8. The van der Waals surface area contributed by atoms with E-state index in [2.05, 4.69) is 17.1 Å². The van der Waals surface area contributed by atoms with E-state index < -0.39 is 0 Å². The zero-order chi connectivity index (χ0) is 17.5. The van der Waals surface area contributed by atoms with E-state index in [1.165, 1.54) is 12.8 Å². The van der Waals surface area contributed by atoms with Crippen LogP contribution >= 0.6 is 0 Å². The zero-order valence-corrected chi connectivity index (χ0v) is 14.4. The molecule has 1 N–H and O–H groups in total. The number of aromatic nitrogens is 1. The minimum atomic E-state index is 0.348. The first kappa shape index (κ1) is 17.0. The van der Waals surface area contributed by atoms with Crippen molar-refractivity contribution >= 4 is 5.82 Å². The van der Waals surface area contributed by atoms with Gasteiger partial charge >= 0.3 is 0 Å². The summed E-state index contributed by atoms with van der Waals surface area (Å²) in [5.41, 5.74) is 3.64. The van der Waals surface area contributed by atoms with Crippen molar-refractivity contribution in [2.24, 2.45) is 5.18 Å². The Morgan fingerprint density at radius 1 is 0.960 bits per heavy atom. The smallest absolute Gasteiger partial charge is 0.183 e. The number of ether oxygens (including phenoxy) is 1. The molecule has 0 fully saturated rings. The van der Waals surface area contributed by atoms with Gasteiger partial charge in [0.1, 0.15) is 5.75 Å². The van der Waals surface area contributed by atoms with Gasteiger partial charge < -0.3 is 9.72 Å². The topological polar surface area (TPSA) is 54.4 Å². The van der Waals surface area contributed by atoms with Crippen LogP contribution in [-0.4, -0.2) is 11.6 Å². The van der Waals surface area contributed by atoms with Gasteiger partial charge in [0.15, 0.2) is 5.82 Å². The monoisotopic (exact) mass is 334 g/mol. The van der Waals surface area contributed by atoms with E-state index in [0.29, 0.717) is 5.82 Å². The van der Waals surface area contributed by atoms with Crippen molar-refractivity contribution in [3.63, 3.8) is 0 Å². The molecule has 1 aromatic heterocycles. The van der Waals surface area contributed by atoms with Crippen LogP contribution in [0.2, 0.25) is 0 Å². The highest BCUT2D eigenvalue weighted by molar-refractivity contribution is 5.80. The van der Waals surface area contributed by atoms with Gasteiger partial charge in [-0.15, -0.1) is 4.91 Å². The maximum absolute atomic E-state index is 11.2. The van der Waals surface area contributed by atoms with Gasteiger partial charge in [-0.1, -0.05) is 50.1 Å². The minimum absolute atomic E-state index is 0.348. The van der Waals surface area contributed by atoms with E-state index in [-0.39, 0.29) is 0 Å². The summed E-state index contributed by atoms with van der Waals surface area (Å²) in [6, 6.07) is 19.6. The van der Waals surface area contributed by atoms with Crippen molar-refractivity contribution in [1.29, 1.82) is 0 Å². The molecule has 25 heavy (non-hydrogen) atoms. The van der Waals surface area contributed by atoms with Crippen LogP contribution in [0.15, 0.2) is 65.8 Å². The fourth-order valence-corrected chi connectivity index (χ4v) is 2.78. The van der Waals surface area contributed by atoms with Crippen LogP contribution in [-0.2, 0) is 0 Å². The Morgan fingerprint density at radius 3 is 2.40 bits per heavy atom. The molecule has 0 aliphatic carbocycles. The highest BCUT2D eigenvalue weighted by Crippen LogP contribution is 2.34. The number of aromatic amines is 1. The molecule has 0 spiro atoms. The highest BCUT2D eigenvalue weighted by atomic mass is 16.5. The van der Waals surface area contributed by atoms with Gasteiger partial charge in [-0.3, -0.25) is 0 Å². The zero-order valence-electron chi connectivity index (χ0n) is 14.4. The Morgan fingerprint density at radius 2 is 1.72 bits per heavy atom. The summed E-state index contributed by atoms with van der Waals surface area (Å²) in [4.78, 5) is 14.3. The van der Waals surface area contributed by atoms with Crippen LogP contribution in [0.25, 0.3) is 22.4 Å². The summed E-state index contributed by atoms with van der Waals surface area (Å²) >= 11 is 0. The molecular formula is C21H22N2O2. The van der Waals surface area contributed by atoms with Crippen LogP contribution in [0, 0.1) is 4.91 Å². The maximum Gasteiger partial charge on any atom is 0.183 e. The largest absolute Gasteiger partial charge is 0.494 e. The molecule has 0 aliphatic heterocycles. The van der Waals surface area contributed by atoms with Gasteiger partial charge in [-0.2, -0.15) is 0 Å². The number of nitrogens with zero attached hydrogens (tertiary/aromatic N) is 1. The molecule has 3 rings (SSSR count). The molecule has 4 nitrogen and oxygen atoms in total. The predicted molar refractivity (Wildman–Crippen MR) is 102 cm³/mol. The molecule has 0 amide bonds. The van der Waals surface area contributed by atoms with Crippen molar-refractivity contribution in [1.82, 2.24) is 4.98 Å². The summed E-state index contributed by atoms with van der Waals surface area (Å²) in [6.45, 7) is 2.92. The first-order chi connectivity index (χ1) is 12.3. The first-order valence-corrected chi connectivity index (χ1v) is 8.67. The van der Waals surface area contributed by atoms with Crippen LogP contribution in [0.3, 0.4) is 0 Å². The molecule has 0 unspecified atom stereocenters. The van der Waals surface area contributed by atoms with E-state index in [1.807, 2.05) is 60.7 Å². The average Bonchev–Trinajstić information content (AvgIpc) is 3.11. The lowest BCUT2D eigenvalue weighted by Gasteiger charge is -2.06. The second-order valence-corrected chi connectivity index (χ2v) is 5.98. The molecule has 0 radical (unpaired) electrons. The summed E-state index contributed by atoms with van der Waals surface area (Å²) in [6.07, 6.45) is 3.44. The Labute approximate surface area is 147 Å². The number of H-pyrrole nitrogens is 1. The minimum Gasteiger partial charge on any atom is -0.494 e. The Hall–Kier alpha value is -2.88. The van der Waals surface area contributed by atoms with E-state index >= 15 is 0 Å². The third kappa shape index (κ3) is 4.15. The van der Waals surface area contributed by atoms with Crippen molar-refractivity contribution in [2.45, 2.75) is 26.2 Å². The van der Waals surface area contributed by atoms with E-state index in [1.54, 1.807) is 0 Å². The normalized spacial score (nSPS) is 10.6. The number of hydrogen-bond acceptors (Lipinski definition) is 3. The Kier molecular flexibility index (Phi) is 5.62. The lowest BCUT2D eigenvalue weighted by Crippen LogP contribution is -1.96. The van der Waals surface area contributed by atoms with Gasteiger partial charge in [0, 0.05) is 11.3 Å². The molecule has 0 atom stereocenters. The summed E-state index contributed by atoms with van der Waals surface area (Å²) in [5, 5.41) is 3.14. The number of unbranched alkanes of at least 4 members (excludes halogenated alkanes) is 2. The first-order valence-electron chi connectivity index (χ1n) is 8.67. The Bertz CT molecular complexity index is 808. The van der Waals surface area contributed by atoms with Crippen LogP contribution in [0.1, 0.15) is 26.2 Å². The predicted octanol–water partition coefficient (Wildman–Crippen LogP) is 6.32. The third-order valence-electron chi connectivity index (χ3n) is 4.15. The lowest BCUT2D eigenvalue weighted by molar-refractivity contribution is 0.306. The molecule has 3 aromatic rings. The molecule has 128 valence electrons. The van der Waals surface area contributed by atoms with Crippen LogP contribution in [0.4, 0.5) is 5.82 Å². The Balaban J connectivity index is 1.78. The second-order valence-electron chi connectivity index (χ2n) is 5.98. The van der Waals surface area contributed by atoms with Crippen molar-refractivity contribution in [3.05, 3.63) is 65.6 Å². The lowest BCUT2D eigenvalue weighted by atomic mass is 10.1. The van der Waals surface area contributed by atoms with E-state index in [0.717, 1.165) is 41.2 Å². The standard InChI is InChI=1S/C21H22N2O2/c1-2-3-7-14-25-18-12-10-17(11-13-18)20-15-19(21(22-20)23-24)16-8-5-4-6-9-16/h4-6,8-13,15,22H,2-3,7,14H2,1H3. The van der Waals surface area contributed by atoms with E-state index in [9.17, 15) is 4.91 Å². The average molecular weight is 334 g/mol. The van der Waals surface area contributed by atoms with Gasteiger partial charge in [0.05, 0.1) is 6.61 Å². The molecule has 0 saturated heterocycles. The molecule has 0 saturated carbocycles. The van der Waals surface area contributed by atoms with Gasteiger partial charge in [-0.05, 0) is 53.1 Å². The second kappa shape index (κ2) is 8.29. The molecule has 0 bridgehead atoms. The maximum atomic E-state index is 11.2. The van der Waals surface area contributed by atoms with Crippen LogP contribution < -0.4 is 4.74 Å². The molecule has 0 aliphatic rings. The fraction of sp³-hybridized carbons (Fsp3) is 0.238. The van der Waals surface area contributed by atoms with E-state index in [4.69, 9.17) is 4.74 Å². The van der Waals surface area contributed by atoms with Crippen LogP contribution in [0.5, 0.6) is 5.75 Å². The molecular weight excluding hydrogens is 312 g/mol. The number of hydrogen-bond donors (Lipinski definition) is 1. The number of benzene rings is 2. The van der Waals surface area contributed by atoms with Gasteiger partial charge in [0.25, 0.3) is 0 Å². The number of nitroso groups, excluding NO2 is 1. The molecule has 2 aromatic carbocycles. The van der Waals surface area contributed by atoms with Gasteiger partial charge in [-0.25, -0.2) is 0 Å². The van der Waals surface area contributed by atoms with Gasteiger partial charge in [0.2, 0.25) is 0 Å². The molecule has 1 heterocycles. The fourth-order valence-electron chi connectivity index (χ4n) is 2.78. The third-order valence-corrected chi connectivity index (χ3v) is 4.15. The van der Waals surface area contributed by atoms with Crippen molar-refractivity contribution in [2.75, 3.05) is 6.61 Å². The summed E-state index contributed by atoms with van der Waals surface area (Å²) < 4.78 is 5.74. The summed E-state index contributed by atoms with van der Waals surface area (Å²) in [5.74, 6) is 1.21. The number of nitrogens with one attached hydrogen (secondary N) is 1. The molecule has 4 heteroatoms.